The van der Waals surface area contributed by atoms with Crippen molar-refractivity contribution in [1.29, 1.82) is 0 Å². The van der Waals surface area contributed by atoms with Crippen molar-refractivity contribution in [2.24, 2.45) is 5.10 Å². The lowest BCUT2D eigenvalue weighted by Crippen LogP contribution is -2.39. The molecule has 8 nitrogen and oxygen atoms in total. The highest BCUT2D eigenvalue weighted by atomic mass is 127. The molecule has 0 spiro atoms. The minimum absolute atomic E-state index is 0.204. The van der Waals surface area contributed by atoms with Crippen molar-refractivity contribution in [3.63, 3.8) is 0 Å². The highest BCUT2D eigenvalue weighted by Crippen LogP contribution is 2.23. The van der Waals surface area contributed by atoms with Crippen LogP contribution in [-0.2, 0) is 14.8 Å². The van der Waals surface area contributed by atoms with Crippen LogP contribution in [0.25, 0.3) is 10.9 Å². The van der Waals surface area contributed by atoms with E-state index in [2.05, 4.69) is 38.1 Å². The molecule has 1 N–H and O–H groups in total. The number of nitrogens with one attached hydrogen (secondary N) is 1. The maximum atomic E-state index is 12.3. The predicted molar refractivity (Wildman–Crippen MR) is 130 cm³/mol. The van der Waals surface area contributed by atoms with E-state index >= 15 is 0 Å². The molecule has 0 unspecified atom stereocenters. The molecule has 3 rings (SSSR count). The Balaban J connectivity index is 1.73. The molecule has 2 aromatic carbocycles. The normalized spacial score (nSPS) is 11.6. The van der Waals surface area contributed by atoms with E-state index in [9.17, 15) is 13.2 Å². The summed E-state index contributed by atoms with van der Waals surface area (Å²) in [4.78, 5) is 16.6. The number of rotatable bonds is 7. The van der Waals surface area contributed by atoms with Gasteiger partial charge < -0.3 is 4.74 Å². The molecular weight excluding hydrogens is 555 g/mol. The Kier molecular flexibility index (Phi) is 7.34. The summed E-state index contributed by atoms with van der Waals surface area (Å²) in [6, 6.07) is 13.9. The average molecular weight is 573 g/mol. The summed E-state index contributed by atoms with van der Waals surface area (Å²) in [7, 11) is -2.10. The van der Waals surface area contributed by atoms with E-state index in [4.69, 9.17) is 16.3 Å². The molecule has 162 valence electrons. The largest absolute Gasteiger partial charge is 0.497 e. The summed E-state index contributed by atoms with van der Waals surface area (Å²) >= 11 is 8.32. The number of anilines is 1. The van der Waals surface area contributed by atoms with Crippen LogP contribution in [0.2, 0.25) is 5.15 Å². The molecule has 1 amide bonds. The molecule has 3 aromatic rings. The smallest absolute Gasteiger partial charge is 0.260 e. The van der Waals surface area contributed by atoms with Gasteiger partial charge in [0.1, 0.15) is 17.4 Å². The second-order valence-electron chi connectivity index (χ2n) is 6.47. The number of carbonyl (C=O) groups excluding carboxylic acids is 1. The number of benzene rings is 2. The van der Waals surface area contributed by atoms with E-state index in [-0.39, 0.29) is 5.15 Å². The molecule has 0 aliphatic rings. The fourth-order valence-electron chi connectivity index (χ4n) is 2.70. The summed E-state index contributed by atoms with van der Waals surface area (Å²) < 4.78 is 31.4. The molecule has 0 atom stereocenters. The number of ether oxygens (including phenoxy) is 1. The zero-order valence-corrected chi connectivity index (χ0v) is 20.3. The third-order valence-electron chi connectivity index (χ3n) is 4.20. The number of halogens is 2. The predicted octanol–water partition coefficient (Wildman–Crippen LogP) is 3.42. The number of hydrogen-bond donors (Lipinski definition) is 1. The maximum absolute atomic E-state index is 12.3. The number of methoxy groups -OCH3 is 1. The van der Waals surface area contributed by atoms with Crippen LogP contribution in [0.4, 0.5) is 5.69 Å². The van der Waals surface area contributed by atoms with Gasteiger partial charge in [-0.3, -0.25) is 9.10 Å². The zero-order valence-electron chi connectivity index (χ0n) is 16.5. The van der Waals surface area contributed by atoms with Crippen LogP contribution in [0.1, 0.15) is 5.56 Å². The number of aromatic nitrogens is 1. The van der Waals surface area contributed by atoms with Gasteiger partial charge in [0.25, 0.3) is 5.91 Å². The van der Waals surface area contributed by atoms with Gasteiger partial charge in [0.15, 0.2) is 0 Å². The van der Waals surface area contributed by atoms with Gasteiger partial charge >= 0.3 is 0 Å². The van der Waals surface area contributed by atoms with Crippen molar-refractivity contribution in [1.82, 2.24) is 10.4 Å². The second-order valence-corrected chi connectivity index (χ2v) is 9.98. The zero-order chi connectivity index (χ0) is 22.6. The van der Waals surface area contributed by atoms with Crippen molar-refractivity contribution < 1.29 is 17.9 Å². The topological polar surface area (TPSA) is 101 Å². The maximum Gasteiger partial charge on any atom is 0.260 e. The van der Waals surface area contributed by atoms with E-state index in [0.29, 0.717) is 22.5 Å². The first-order chi connectivity index (χ1) is 14.7. The molecule has 0 fully saturated rings. The van der Waals surface area contributed by atoms with E-state index in [1.165, 1.54) is 6.21 Å². The molecule has 0 saturated heterocycles. The van der Waals surface area contributed by atoms with Crippen LogP contribution >= 0.6 is 34.2 Å². The Labute approximate surface area is 198 Å². The molecular formula is C20H18ClIN4O4S. The number of amides is 1. The van der Waals surface area contributed by atoms with Gasteiger partial charge in [-0.1, -0.05) is 11.6 Å². The van der Waals surface area contributed by atoms with Gasteiger partial charge in [0.05, 0.1) is 30.8 Å². The minimum atomic E-state index is -3.66. The summed E-state index contributed by atoms with van der Waals surface area (Å²) in [5.41, 5.74) is 3.87. The van der Waals surface area contributed by atoms with Gasteiger partial charge in [-0.05, 0) is 65.1 Å². The van der Waals surface area contributed by atoms with Crippen molar-refractivity contribution in [3.8, 4) is 5.75 Å². The Morgan fingerprint density at radius 3 is 2.61 bits per heavy atom. The average Bonchev–Trinajstić information content (AvgIpc) is 2.72. The highest BCUT2D eigenvalue weighted by molar-refractivity contribution is 14.1. The first-order valence-electron chi connectivity index (χ1n) is 8.87. The third-order valence-corrected chi connectivity index (χ3v) is 6.36. The van der Waals surface area contributed by atoms with Crippen LogP contribution in [0.3, 0.4) is 0 Å². The third kappa shape index (κ3) is 6.05. The van der Waals surface area contributed by atoms with Gasteiger partial charge in [-0.2, -0.15) is 5.10 Å². The molecule has 11 heteroatoms. The van der Waals surface area contributed by atoms with Crippen LogP contribution < -0.4 is 14.5 Å². The van der Waals surface area contributed by atoms with Crippen LogP contribution in [0, 0.1) is 3.57 Å². The van der Waals surface area contributed by atoms with Crippen LogP contribution in [-0.4, -0.2) is 45.4 Å². The van der Waals surface area contributed by atoms with Crippen molar-refractivity contribution in [2.45, 2.75) is 0 Å². The summed E-state index contributed by atoms with van der Waals surface area (Å²) in [5, 5.41) is 4.91. The van der Waals surface area contributed by atoms with Crippen LogP contribution in [0.15, 0.2) is 53.6 Å². The number of carbonyl (C=O) groups is 1. The Morgan fingerprint density at radius 1 is 1.26 bits per heavy atom. The molecule has 31 heavy (non-hydrogen) atoms. The van der Waals surface area contributed by atoms with Crippen LogP contribution in [0.5, 0.6) is 5.75 Å². The van der Waals surface area contributed by atoms with Crippen molar-refractivity contribution in [3.05, 3.63) is 62.8 Å². The molecule has 0 bridgehead atoms. The number of pyridine rings is 1. The first kappa shape index (κ1) is 23.2. The molecule has 1 aromatic heterocycles. The standard InChI is InChI=1S/C20H18ClIN4O4S/c1-30-17-8-3-13-9-14(20(21)24-18(13)10-17)11-23-25-19(27)12-26(31(2,28)29)16-6-4-15(22)5-7-16/h3-11H,12H2,1-2H3,(H,25,27)/b23-11-. The van der Waals surface area contributed by atoms with E-state index < -0.39 is 22.5 Å². The number of fused-ring (bicyclic) bond motifs is 1. The Hall–Kier alpha value is -2.44. The lowest BCUT2D eigenvalue weighted by atomic mass is 10.1. The van der Waals surface area contributed by atoms with E-state index in [1.54, 1.807) is 49.6 Å². The van der Waals surface area contributed by atoms with E-state index in [0.717, 1.165) is 19.5 Å². The molecule has 0 aliphatic heterocycles. The molecule has 0 radical (unpaired) electrons. The van der Waals surface area contributed by atoms with Gasteiger partial charge in [0.2, 0.25) is 10.0 Å². The fraction of sp³-hybridized carbons (Fsp3) is 0.150. The van der Waals surface area contributed by atoms with Crippen molar-refractivity contribution in [2.75, 3.05) is 24.2 Å². The number of hydrazone groups is 1. The Bertz CT molecular complexity index is 1250. The van der Waals surface area contributed by atoms with Crippen molar-refractivity contribution >= 4 is 72.9 Å². The summed E-state index contributed by atoms with van der Waals surface area (Å²) in [6.45, 7) is -0.416. The summed E-state index contributed by atoms with van der Waals surface area (Å²) in [6.07, 6.45) is 2.39. The monoisotopic (exact) mass is 572 g/mol. The SMILES string of the molecule is COc1ccc2cc(/C=N\NC(=O)CN(c3ccc(I)cc3)S(C)(=O)=O)c(Cl)nc2c1. The molecule has 0 saturated carbocycles. The molecule has 0 aliphatic carbocycles. The number of sulfonamides is 1. The quantitative estimate of drug-likeness (QED) is 0.202. The number of hydrogen-bond acceptors (Lipinski definition) is 6. The number of nitrogens with zero attached hydrogens (tertiary/aromatic N) is 3. The fourth-order valence-corrected chi connectivity index (χ4v) is 4.11. The first-order valence-corrected chi connectivity index (χ1v) is 12.2. The minimum Gasteiger partial charge on any atom is -0.497 e. The Morgan fingerprint density at radius 2 is 1.97 bits per heavy atom. The molecule has 1 heterocycles. The van der Waals surface area contributed by atoms with E-state index in [1.807, 2.05) is 6.07 Å². The van der Waals surface area contributed by atoms with Gasteiger partial charge in [0, 0.05) is 20.6 Å². The summed E-state index contributed by atoms with van der Waals surface area (Å²) in [5.74, 6) is 0.0585. The van der Waals surface area contributed by atoms with Gasteiger partial charge in [-0.15, -0.1) is 0 Å². The highest BCUT2D eigenvalue weighted by Gasteiger charge is 2.20. The van der Waals surface area contributed by atoms with Gasteiger partial charge in [-0.25, -0.2) is 18.8 Å². The lowest BCUT2D eigenvalue weighted by molar-refractivity contribution is -0.119. The second kappa shape index (κ2) is 9.79. The lowest BCUT2D eigenvalue weighted by Gasteiger charge is -2.21.